The summed E-state index contributed by atoms with van der Waals surface area (Å²) in [6.45, 7) is 3.79. The molecule has 32 heavy (non-hydrogen) atoms. The van der Waals surface area contributed by atoms with Crippen LogP contribution in [-0.4, -0.2) is 28.7 Å². The lowest BCUT2D eigenvalue weighted by atomic mass is 10.2. The van der Waals surface area contributed by atoms with E-state index in [1.165, 1.54) is 11.1 Å². The lowest BCUT2D eigenvalue weighted by Crippen LogP contribution is -2.04. The molecule has 0 N–H and O–H groups in total. The second kappa shape index (κ2) is 7.84. The van der Waals surface area contributed by atoms with Crippen molar-refractivity contribution in [3.8, 4) is 0 Å². The van der Waals surface area contributed by atoms with Crippen molar-refractivity contribution in [3.05, 3.63) is 90.3 Å². The maximum atomic E-state index is 4.95. The molecule has 0 aliphatic rings. The lowest BCUT2D eigenvalue weighted by molar-refractivity contribution is 0.779. The molecule has 0 bridgehead atoms. The molecule has 0 spiro atoms. The van der Waals surface area contributed by atoms with E-state index in [1.54, 1.807) is 11.8 Å². The van der Waals surface area contributed by atoms with Crippen LogP contribution in [0.3, 0.4) is 0 Å². The SMILES string of the molecule is CCn1c2ccccc2n2c(SCc3nc4ccccc4n3Cc3ccccc3)nnc12. The van der Waals surface area contributed by atoms with E-state index in [9.17, 15) is 0 Å². The van der Waals surface area contributed by atoms with E-state index in [0.29, 0.717) is 5.75 Å². The molecular formula is C25H22N6S. The van der Waals surface area contributed by atoms with Crippen LogP contribution in [0.1, 0.15) is 18.3 Å². The highest BCUT2D eigenvalue weighted by atomic mass is 32.2. The summed E-state index contributed by atoms with van der Waals surface area (Å²) in [4.78, 5) is 4.95. The van der Waals surface area contributed by atoms with Crippen LogP contribution in [0.2, 0.25) is 0 Å². The maximum Gasteiger partial charge on any atom is 0.237 e. The first-order chi connectivity index (χ1) is 15.8. The van der Waals surface area contributed by atoms with E-state index in [4.69, 9.17) is 4.98 Å². The highest BCUT2D eigenvalue weighted by molar-refractivity contribution is 7.98. The van der Waals surface area contributed by atoms with Gasteiger partial charge in [0.1, 0.15) is 5.82 Å². The van der Waals surface area contributed by atoms with Crippen molar-refractivity contribution < 1.29 is 0 Å². The maximum absolute atomic E-state index is 4.95. The van der Waals surface area contributed by atoms with E-state index in [2.05, 4.69) is 103 Å². The minimum absolute atomic E-state index is 0.716. The number of thioether (sulfide) groups is 1. The largest absolute Gasteiger partial charge is 0.323 e. The molecule has 0 aliphatic heterocycles. The fraction of sp³-hybridized carbons (Fsp3) is 0.160. The predicted octanol–water partition coefficient (Wildman–Crippen LogP) is 5.39. The van der Waals surface area contributed by atoms with Crippen LogP contribution in [0.5, 0.6) is 0 Å². The first-order valence-corrected chi connectivity index (χ1v) is 11.8. The molecule has 3 heterocycles. The molecule has 0 unspecified atom stereocenters. The number of imidazole rings is 2. The highest BCUT2D eigenvalue weighted by Gasteiger charge is 2.18. The van der Waals surface area contributed by atoms with Crippen LogP contribution < -0.4 is 0 Å². The molecule has 0 fully saturated rings. The second-order valence-corrected chi connectivity index (χ2v) is 8.67. The summed E-state index contributed by atoms with van der Waals surface area (Å²) in [6.07, 6.45) is 0. The summed E-state index contributed by atoms with van der Waals surface area (Å²) in [7, 11) is 0. The second-order valence-electron chi connectivity index (χ2n) is 7.73. The van der Waals surface area contributed by atoms with Crippen LogP contribution >= 0.6 is 11.8 Å². The van der Waals surface area contributed by atoms with Crippen LogP contribution in [0, 0.1) is 0 Å². The van der Waals surface area contributed by atoms with Gasteiger partial charge in [-0.1, -0.05) is 66.4 Å². The Balaban J connectivity index is 1.39. The van der Waals surface area contributed by atoms with Crippen molar-refractivity contribution in [1.29, 1.82) is 0 Å². The summed E-state index contributed by atoms with van der Waals surface area (Å²) in [5, 5.41) is 9.91. The molecule has 158 valence electrons. The Morgan fingerprint density at radius 3 is 2.28 bits per heavy atom. The average Bonchev–Trinajstić information content (AvgIpc) is 3.50. The third kappa shape index (κ3) is 3.08. The van der Waals surface area contributed by atoms with Gasteiger partial charge in [-0.05, 0) is 36.8 Å². The van der Waals surface area contributed by atoms with Crippen LogP contribution in [-0.2, 0) is 18.8 Å². The molecule has 6 nitrogen and oxygen atoms in total. The number of nitrogens with zero attached hydrogens (tertiary/aromatic N) is 6. The van der Waals surface area contributed by atoms with E-state index in [-0.39, 0.29) is 0 Å². The molecular weight excluding hydrogens is 416 g/mol. The summed E-state index contributed by atoms with van der Waals surface area (Å²) in [6, 6.07) is 27.3. The van der Waals surface area contributed by atoms with Gasteiger partial charge in [0.25, 0.3) is 0 Å². The van der Waals surface area contributed by atoms with Crippen molar-refractivity contribution in [3.63, 3.8) is 0 Å². The third-order valence-electron chi connectivity index (χ3n) is 5.83. The fourth-order valence-corrected chi connectivity index (χ4v) is 5.24. The summed E-state index contributed by atoms with van der Waals surface area (Å²) in [5.41, 5.74) is 5.75. The van der Waals surface area contributed by atoms with Crippen LogP contribution in [0.15, 0.2) is 84.0 Å². The Labute approximate surface area is 189 Å². The molecule has 0 radical (unpaired) electrons. The zero-order chi connectivity index (χ0) is 21.5. The molecule has 0 aliphatic carbocycles. The topological polar surface area (TPSA) is 52.9 Å². The highest BCUT2D eigenvalue weighted by Crippen LogP contribution is 2.29. The molecule has 7 heteroatoms. The first kappa shape index (κ1) is 19.1. The van der Waals surface area contributed by atoms with Gasteiger partial charge in [0.15, 0.2) is 5.16 Å². The molecule has 6 rings (SSSR count). The van der Waals surface area contributed by atoms with Crippen LogP contribution in [0.4, 0.5) is 0 Å². The average molecular weight is 439 g/mol. The van der Waals surface area contributed by atoms with Gasteiger partial charge in [0.05, 0.1) is 27.8 Å². The molecule has 0 atom stereocenters. The number of fused-ring (bicyclic) bond motifs is 4. The van der Waals surface area contributed by atoms with Crippen molar-refractivity contribution in [2.45, 2.75) is 30.9 Å². The monoisotopic (exact) mass is 438 g/mol. The van der Waals surface area contributed by atoms with Gasteiger partial charge in [-0.2, -0.15) is 0 Å². The van der Waals surface area contributed by atoms with Gasteiger partial charge in [-0.15, -0.1) is 10.2 Å². The number of hydrogen-bond donors (Lipinski definition) is 0. The van der Waals surface area contributed by atoms with Crippen molar-refractivity contribution in [1.82, 2.24) is 28.7 Å². The minimum Gasteiger partial charge on any atom is -0.323 e. The van der Waals surface area contributed by atoms with Crippen molar-refractivity contribution >= 4 is 39.6 Å². The number of hydrogen-bond acceptors (Lipinski definition) is 4. The normalized spacial score (nSPS) is 11.8. The fourth-order valence-electron chi connectivity index (χ4n) is 4.35. The standard InChI is InChI=1S/C25H22N6S/c1-2-29-21-14-8-9-15-22(21)31-24(29)27-28-25(31)32-17-23-26-19-12-6-7-13-20(19)30(23)16-18-10-4-3-5-11-18/h3-15H,2,16-17H2,1H3. The van der Waals surface area contributed by atoms with Crippen molar-refractivity contribution in [2.24, 2.45) is 0 Å². The molecule has 0 saturated heterocycles. The van der Waals surface area contributed by atoms with Gasteiger partial charge < -0.3 is 9.13 Å². The van der Waals surface area contributed by atoms with E-state index < -0.39 is 0 Å². The Morgan fingerprint density at radius 1 is 0.750 bits per heavy atom. The minimum atomic E-state index is 0.716. The Kier molecular flexibility index (Phi) is 4.69. The van der Waals surface area contributed by atoms with Gasteiger partial charge >= 0.3 is 0 Å². The summed E-state index contributed by atoms with van der Waals surface area (Å²) >= 11 is 1.68. The Morgan fingerprint density at radius 2 is 1.47 bits per heavy atom. The lowest BCUT2D eigenvalue weighted by Gasteiger charge is -2.09. The predicted molar refractivity (Wildman–Crippen MR) is 129 cm³/mol. The zero-order valence-electron chi connectivity index (χ0n) is 17.7. The molecule has 0 amide bonds. The Hall–Kier alpha value is -3.58. The number of rotatable bonds is 6. The molecule has 6 aromatic rings. The van der Waals surface area contributed by atoms with Gasteiger partial charge in [-0.25, -0.2) is 4.98 Å². The smallest absolute Gasteiger partial charge is 0.237 e. The molecule has 0 saturated carbocycles. The quantitative estimate of drug-likeness (QED) is 0.327. The number of aryl methyl sites for hydroxylation is 1. The van der Waals surface area contributed by atoms with Crippen molar-refractivity contribution in [2.75, 3.05) is 0 Å². The zero-order valence-corrected chi connectivity index (χ0v) is 18.5. The van der Waals surface area contributed by atoms with E-state index >= 15 is 0 Å². The first-order valence-electron chi connectivity index (χ1n) is 10.8. The summed E-state index contributed by atoms with van der Waals surface area (Å²) < 4.78 is 6.68. The van der Waals surface area contributed by atoms with E-state index in [1.807, 2.05) is 6.07 Å². The molecule has 3 aromatic carbocycles. The Bertz CT molecular complexity index is 1540. The van der Waals surface area contributed by atoms with Gasteiger partial charge in [0, 0.05) is 13.1 Å². The number of para-hydroxylation sites is 4. The summed E-state index contributed by atoms with van der Waals surface area (Å²) in [5.74, 6) is 2.64. The third-order valence-corrected chi connectivity index (χ3v) is 6.76. The number of aromatic nitrogens is 6. The van der Waals surface area contributed by atoms with Gasteiger partial charge in [-0.3, -0.25) is 4.40 Å². The van der Waals surface area contributed by atoms with Gasteiger partial charge in [0.2, 0.25) is 5.78 Å². The van der Waals surface area contributed by atoms with Crippen LogP contribution in [0.25, 0.3) is 27.8 Å². The number of benzene rings is 3. The van der Waals surface area contributed by atoms with E-state index in [0.717, 1.165) is 46.4 Å². The molecule has 3 aromatic heterocycles.